The van der Waals surface area contributed by atoms with Gasteiger partial charge in [-0.15, -0.1) is 15.0 Å². The lowest BCUT2D eigenvalue weighted by Crippen LogP contribution is -2.16. The minimum atomic E-state index is -0.492. The molecular formula is C42H33N3O3. The molecule has 0 aliphatic rings. The van der Waals surface area contributed by atoms with E-state index >= 15 is 0 Å². The molecule has 0 bridgehead atoms. The average molecular weight is 628 g/mol. The monoisotopic (exact) mass is 627 g/mol. The van der Waals surface area contributed by atoms with E-state index < -0.39 is 18.3 Å². The van der Waals surface area contributed by atoms with Crippen LogP contribution in [0.5, 0.6) is 18.0 Å². The molecule has 1 heterocycles. The van der Waals surface area contributed by atoms with Crippen LogP contribution in [-0.4, -0.2) is 15.0 Å². The van der Waals surface area contributed by atoms with E-state index in [9.17, 15) is 0 Å². The zero-order valence-corrected chi connectivity index (χ0v) is 26.1. The molecule has 0 spiro atoms. The van der Waals surface area contributed by atoms with Crippen molar-refractivity contribution in [2.24, 2.45) is 0 Å². The van der Waals surface area contributed by atoms with E-state index in [4.69, 9.17) is 29.2 Å². The van der Waals surface area contributed by atoms with Gasteiger partial charge < -0.3 is 14.2 Å². The second-order valence-corrected chi connectivity index (χ2v) is 11.1. The lowest BCUT2D eigenvalue weighted by atomic mass is 10.0. The van der Waals surface area contributed by atoms with Gasteiger partial charge in [0.05, 0.1) is 0 Å². The van der Waals surface area contributed by atoms with Crippen LogP contribution in [0, 0.1) is 0 Å². The Morgan fingerprint density at radius 1 is 0.250 bits per heavy atom. The fraction of sp³-hybridized carbons (Fsp3) is 0.0714. The third-order valence-corrected chi connectivity index (χ3v) is 7.86. The molecule has 48 heavy (non-hydrogen) atoms. The van der Waals surface area contributed by atoms with Crippen molar-refractivity contribution in [3.8, 4) is 18.0 Å². The van der Waals surface area contributed by atoms with Gasteiger partial charge in [0.15, 0.2) is 18.3 Å². The van der Waals surface area contributed by atoms with Gasteiger partial charge in [0.25, 0.3) is 0 Å². The molecular weight excluding hydrogens is 594 g/mol. The molecule has 6 aromatic carbocycles. The van der Waals surface area contributed by atoms with Crippen molar-refractivity contribution in [2.45, 2.75) is 18.3 Å². The normalized spacial score (nSPS) is 11.1. The van der Waals surface area contributed by atoms with Gasteiger partial charge >= 0.3 is 18.0 Å². The molecule has 1 aromatic heterocycles. The van der Waals surface area contributed by atoms with Crippen molar-refractivity contribution < 1.29 is 14.2 Å². The van der Waals surface area contributed by atoms with Crippen LogP contribution in [0.3, 0.4) is 0 Å². The van der Waals surface area contributed by atoms with Crippen molar-refractivity contribution in [1.82, 2.24) is 15.0 Å². The van der Waals surface area contributed by atoms with Crippen LogP contribution in [0.2, 0.25) is 0 Å². The number of benzene rings is 6. The molecule has 234 valence electrons. The molecule has 7 rings (SSSR count). The summed E-state index contributed by atoms with van der Waals surface area (Å²) < 4.78 is 19.9. The van der Waals surface area contributed by atoms with E-state index in [1.165, 1.54) is 0 Å². The van der Waals surface area contributed by atoms with E-state index in [0.29, 0.717) is 0 Å². The minimum Gasteiger partial charge on any atom is -0.450 e. The highest BCUT2D eigenvalue weighted by atomic mass is 16.5. The lowest BCUT2D eigenvalue weighted by Gasteiger charge is -2.23. The predicted octanol–water partition coefficient (Wildman–Crippen LogP) is 9.38. The highest BCUT2D eigenvalue weighted by molar-refractivity contribution is 5.34. The summed E-state index contributed by atoms with van der Waals surface area (Å²) in [6, 6.07) is 60.2. The molecule has 0 aliphatic carbocycles. The van der Waals surface area contributed by atoms with Crippen LogP contribution in [0.25, 0.3) is 0 Å². The summed E-state index contributed by atoms with van der Waals surface area (Å²) in [5.41, 5.74) is 5.71. The molecule has 6 nitrogen and oxygen atoms in total. The lowest BCUT2D eigenvalue weighted by molar-refractivity contribution is 0.176. The summed E-state index contributed by atoms with van der Waals surface area (Å²) in [6.45, 7) is 0. The Hall–Kier alpha value is -6.27. The zero-order valence-electron chi connectivity index (χ0n) is 26.1. The number of hydrogen-bond donors (Lipinski definition) is 0. The fourth-order valence-electron chi connectivity index (χ4n) is 5.55. The van der Waals surface area contributed by atoms with Crippen molar-refractivity contribution in [3.05, 3.63) is 215 Å². The summed E-state index contributed by atoms with van der Waals surface area (Å²) in [6.07, 6.45) is -1.48. The number of rotatable bonds is 12. The van der Waals surface area contributed by atoms with E-state index in [0.717, 1.165) is 33.4 Å². The third-order valence-electron chi connectivity index (χ3n) is 7.86. The van der Waals surface area contributed by atoms with Gasteiger partial charge in [0, 0.05) is 0 Å². The first-order chi connectivity index (χ1) is 23.8. The first-order valence-electron chi connectivity index (χ1n) is 15.9. The second-order valence-electron chi connectivity index (χ2n) is 11.1. The smallest absolute Gasteiger partial charge is 0.326 e. The summed E-state index contributed by atoms with van der Waals surface area (Å²) >= 11 is 0. The first-order valence-corrected chi connectivity index (χ1v) is 15.9. The fourth-order valence-corrected chi connectivity index (χ4v) is 5.55. The van der Waals surface area contributed by atoms with Crippen LogP contribution < -0.4 is 14.2 Å². The van der Waals surface area contributed by atoms with Gasteiger partial charge in [0.2, 0.25) is 0 Å². The molecule has 6 heteroatoms. The molecule has 7 aromatic rings. The molecule has 0 saturated heterocycles. The van der Waals surface area contributed by atoms with Gasteiger partial charge in [0.1, 0.15) is 0 Å². The predicted molar refractivity (Wildman–Crippen MR) is 186 cm³/mol. The highest BCUT2D eigenvalue weighted by Crippen LogP contribution is 2.33. The van der Waals surface area contributed by atoms with Gasteiger partial charge in [-0.25, -0.2) is 0 Å². The number of ether oxygens (including phenoxy) is 3. The molecule has 0 amide bonds. The van der Waals surface area contributed by atoms with Crippen LogP contribution in [0.4, 0.5) is 0 Å². The topological polar surface area (TPSA) is 66.4 Å². The molecule has 0 radical (unpaired) electrons. The maximum atomic E-state index is 6.63. The number of nitrogens with zero attached hydrogens (tertiary/aromatic N) is 3. The summed E-state index contributed by atoms with van der Waals surface area (Å²) in [5, 5.41) is 0. The van der Waals surface area contributed by atoms with Gasteiger partial charge in [-0.05, 0) is 33.4 Å². The van der Waals surface area contributed by atoms with Crippen molar-refractivity contribution in [3.63, 3.8) is 0 Å². The Morgan fingerprint density at radius 2 is 0.417 bits per heavy atom. The molecule has 0 fully saturated rings. The second kappa shape index (κ2) is 14.9. The van der Waals surface area contributed by atoms with Crippen molar-refractivity contribution >= 4 is 0 Å². The summed E-state index contributed by atoms with van der Waals surface area (Å²) in [5.74, 6) is 0. The maximum absolute atomic E-state index is 6.63. The van der Waals surface area contributed by atoms with Gasteiger partial charge in [-0.3, -0.25) is 0 Å². The Morgan fingerprint density at radius 3 is 0.583 bits per heavy atom. The summed E-state index contributed by atoms with van der Waals surface area (Å²) in [7, 11) is 0. The van der Waals surface area contributed by atoms with Gasteiger partial charge in [-0.2, -0.15) is 0 Å². The Balaban J connectivity index is 1.32. The molecule has 0 atom stereocenters. The van der Waals surface area contributed by atoms with Crippen molar-refractivity contribution in [2.75, 3.05) is 0 Å². The Bertz CT molecular complexity index is 1630. The molecule has 0 N–H and O–H groups in total. The van der Waals surface area contributed by atoms with Crippen molar-refractivity contribution in [1.29, 1.82) is 0 Å². The summed E-state index contributed by atoms with van der Waals surface area (Å²) in [4.78, 5) is 14.2. The molecule has 0 aliphatic heterocycles. The quantitative estimate of drug-likeness (QED) is 0.135. The number of hydrogen-bond acceptors (Lipinski definition) is 6. The van der Waals surface area contributed by atoms with Crippen LogP contribution in [-0.2, 0) is 0 Å². The first kappa shape index (κ1) is 30.4. The standard InChI is InChI=1S/C42H33N3O3/c1-7-19-31(20-8-1)37(32-21-9-2-10-22-32)46-40-43-41(47-38(33-23-11-3-12-24-33)34-25-13-4-14-26-34)45-42(44-40)48-39(35-27-15-5-16-28-35)36-29-17-6-18-30-36/h1-30,37-39H. The zero-order chi connectivity index (χ0) is 32.4. The highest BCUT2D eigenvalue weighted by Gasteiger charge is 2.25. The third kappa shape index (κ3) is 7.40. The maximum Gasteiger partial charge on any atom is 0.326 e. The van der Waals surface area contributed by atoms with Crippen LogP contribution >= 0.6 is 0 Å². The Labute approximate surface area is 280 Å². The average Bonchev–Trinajstić information content (AvgIpc) is 3.17. The van der Waals surface area contributed by atoms with Crippen LogP contribution in [0.15, 0.2) is 182 Å². The van der Waals surface area contributed by atoms with E-state index in [1.54, 1.807) is 0 Å². The van der Waals surface area contributed by atoms with Gasteiger partial charge in [-0.1, -0.05) is 182 Å². The largest absolute Gasteiger partial charge is 0.450 e. The minimum absolute atomic E-state index is 0.0763. The Kier molecular flexibility index (Phi) is 9.42. The van der Waals surface area contributed by atoms with Crippen LogP contribution in [0.1, 0.15) is 51.7 Å². The molecule has 0 saturated carbocycles. The number of aromatic nitrogens is 3. The van der Waals surface area contributed by atoms with E-state index in [1.807, 2.05) is 182 Å². The van der Waals surface area contributed by atoms with E-state index in [2.05, 4.69) is 0 Å². The molecule has 0 unspecified atom stereocenters. The van der Waals surface area contributed by atoms with E-state index in [-0.39, 0.29) is 18.0 Å². The SMILES string of the molecule is c1ccc(C(Oc2nc(OC(c3ccccc3)c3ccccc3)nc(OC(c3ccccc3)c3ccccc3)n2)c2ccccc2)cc1.